The van der Waals surface area contributed by atoms with Crippen LogP contribution in [0.1, 0.15) is 17.5 Å². The van der Waals surface area contributed by atoms with Crippen LogP contribution in [0, 0.1) is 18.6 Å². The highest BCUT2D eigenvalue weighted by molar-refractivity contribution is 5.73. The summed E-state index contributed by atoms with van der Waals surface area (Å²) in [5.41, 5.74) is 1.58. The standard InChI is InChI=1S/C21H23F2N3O5/c1-12-6-18-19(25-20(12)30-10-15-16(22)4-3-5-17(15)23)26-21(24-18)31-14-7-13(29-9-14)8-28-11-27-2/h3-6,13-14H,7-11H2,1-2H3,(H,24,25,26)/t13-,14-/m0/s1. The van der Waals surface area contributed by atoms with E-state index in [1.807, 2.05) is 0 Å². The van der Waals surface area contributed by atoms with Gasteiger partial charge in [0, 0.05) is 19.1 Å². The number of aryl methyl sites for hydroxylation is 1. The van der Waals surface area contributed by atoms with Crippen LogP contribution in [0.5, 0.6) is 11.9 Å². The van der Waals surface area contributed by atoms with Crippen molar-refractivity contribution < 1.29 is 32.5 Å². The topological polar surface area (TPSA) is 87.7 Å². The fourth-order valence-electron chi connectivity index (χ4n) is 3.31. The van der Waals surface area contributed by atoms with Crippen molar-refractivity contribution in [2.45, 2.75) is 32.2 Å². The van der Waals surface area contributed by atoms with E-state index in [0.717, 1.165) is 0 Å². The van der Waals surface area contributed by atoms with Crippen molar-refractivity contribution in [3.8, 4) is 11.9 Å². The number of nitrogens with zero attached hydrogens (tertiary/aromatic N) is 2. The van der Waals surface area contributed by atoms with Crippen LogP contribution in [0.4, 0.5) is 8.78 Å². The molecule has 2 aromatic heterocycles. The molecule has 0 saturated carbocycles. The number of ether oxygens (including phenoxy) is 5. The van der Waals surface area contributed by atoms with Crippen LogP contribution in [-0.4, -0.2) is 54.3 Å². The predicted octanol–water partition coefficient (Wildman–Crippen LogP) is 3.28. The number of hydrogen-bond donors (Lipinski definition) is 1. The van der Waals surface area contributed by atoms with Crippen LogP contribution in [0.3, 0.4) is 0 Å². The number of benzene rings is 1. The third-order valence-corrected chi connectivity index (χ3v) is 4.84. The number of aromatic amines is 1. The largest absolute Gasteiger partial charge is 0.472 e. The number of nitrogens with one attached hydrogen (secondary N) is 1. The monoisotopic (exact) mass is 435 g/mol. The van der Waals surface area contributed by atoms with Gasteiger partial charge in [-0.15, -0.1) is 0 Å². The van der Waals surface area contributed by atoms with Gasteiger partial charge in [-0.3, -0.25) is 0 Å². The summed E-state index contributed by atoms with van der Waals surface area (Å²) < 4.78 is 54.9. The van der Waals surface area contributed by atoms with E-state index in [0.29, 0.717) is 42.4 Å². The molecular formula is C21H23F2N3O5. The van der Waals surface area contributed by atoms with Gasteiger partial charge in [0.2, 0.25) is 5.88 Å². The molecule has 0 spiro atoms. The van der Waals surface area contributed by atoms with E-state index in [4.69, 9.17) is 23.7 Å². The van der Waals surface area contributed by atoms with Gasteiger partial charge < -0.3 is 28.7 Å². The lowest BCUT2D eigenvalue weighted by molar-refractivity contribution is -0.0660. The Bertz CT molecular complexity index is 1030. The number of hydrogen-bond acceptors (Lipinski definition) is 7. The van der Waals surface area contributed by atoms with Crippen molar-refractivity contribution in [3.05, 3.63) is 47.0 Å². The number of imidazole rings is 1. The van der Waals surface area contributed by atoms with Gasteiger partial charge >= 0.3 is 0 Å². The first kappa shape index (κ1) is 21.4. The van der Waals surface area contributed by atoms with Crippen molar-refractivity contribution in [1.82, 2.24) is 15.0 Å². The van der Waals surface area contributed by atoms with Gasteiger partial charge in [0.05, 0.1) is 30.4 Å². The summed E-state index contributed by atoms with van der Waals surface area (Å²) in [6.07, 6.45) is 0.428. The lowest BCUT2D eigenvalue weighted by Gasteiger charge is -2.10. The molecule has 1 aliphatic rings. The van der Waals surface area contributed by atoms with E-state index in [1.165, 1.54) is 18.2 Å². The molecule has 8 nitrogen and oxygen atoms in total. The van der Waals surface area contributed by atoms with Crippen LogP contribution in [0.15, 0.2) is 24.3 Å². The number of pyridine rings is 1. The van der Waals surface area contributed by atoms with Crippen LogP contribution >= 0.6 is 0 Å². The van der Waals surface area contributed by atoms with Crippen molar-refractivity contribution in [2.75, 3.05) is 27.1 Å². The number of rotatable bonds is 9. The van der Waals surface area contributed by atoms with Crippen molar-refractivity contribution in [2.24, 2.45) is 0 Å². The zero-order valence-corrected chi connectivity index (χ0v) is 17.2. The van der Waals surface area contributed by atoms with Gasteiger partial charge in [-0.25, -0.2) is 8.78 Å². The molecule has 1 aliphatic heterocycles. The molecule has 0 aliphatic carbocycles. The molecule has 4 rings (SSSR count). The zero-order valence-electron chi connectivity index (χ0n) is 17.2. The van der Waals surface area contributed by atoms with Crippen molar-refractivity contribution in [3.63, 3.8) is 0 Å². The molecular weight excluding hydrogens is 412 g/mol. The molecule has 2 atom stereocenters. The highest BCUT2D eigenvalue weighted by Gasteiger charge is 2.28. The summed E-state index contributed by atoms with van der Waals surface area (Å²) in [6.45, 7) is 2.58. The minimum atomic E-state index is -0.668. The summed E-state index contributed by atoms with van der Waals surface area (Å²) in [7, 11) is 1.56. The molecule has 10 heteroatoms. The minimum absolute atomic E-state index is 0.0660. The van der Waals surface area contributed by atoms with Gasteiger partial charge in [-0.05, 0) is 25.1 Å². The van der Waals surface area contributed by atoms with Crippen LogP contribution in [0.25, 0.3) is 11.2 Å². The van der Waals surface area contributed by atoms with E-state index < -0.39 is 11.6 Å². The zero-order chi connectivity index (χ0) is 21.8. The van der Waals surface area contributed by atoms with E-state index in [1.54, 1.807) is 20.1 Å². The maximum absolute atomic E-state index is 13.8. The molecule has 0 unspecified atom stereocenters. The first-order chi connectivity index (χ1) is 15.0. The summed E-state index contributed by atoms with van der Waals surface area (Å²) in [6, 6.07) is 5.78. The van der Waals surface area contributed by atoms with Crippen LogP contribution < -0.4 is 9.47 Å². The fourth-order valence-corrected chi connectivity index (χ4v) is 3.31. The lowest BCUT2D eigenvalue weighted by atomic mass is 10.2. The smallest absolute Gasteiger partial charge is 0.296 e. The van der Waals surface area contributed by atoms with Gasteiger partial charge in [0.15, 0.2) is 5.65 Å². The Morgan fingerprint density at radius 2 is 2.03 bits per heavy atom. The Kier molecular flexibility index (Phi) is 6.59. The third-order valence-electron chi connectivity index (χ3n) is 4.84. The molecule has 0 radical (unpaired) electrons. The van der Waals surface area contributed by atoms with Crippen LogP contribution in [0.2, 0.25) is 0 Å². The first-order valence-electron chi connectivity index (χ1n) is 9.81. The molecule has 3 heterocycles. The summed E-state index contributed by atoms with van der Waals surface area (Å²) in [5.74, 6) is -1.09. The van der Waals surface area contributed by atoms with Gasteiger partial charge in [-0.2, -0.15) is 9.97 Å². The van der Waals surface area contributed by atoms with E-state index in [2.05, 4.69) is 15.0 Å². The molecule has 1 fully saturated rings. The Hall–Kier alpha value is -2.82. The maximum Gasteiger partial charge on any atom is 0.296 e. The van der Waals surface area contributed by atoms with Crippen molar-refractivity contribution >= 4 is 11.2 Å². The van der Waals surface area contributed by atoms with E-state index in [-0.39, 0.29) is 37.1 Å². The lowest BCUT2D eigenvalue weighted by Crippen LogP contribution is -2.19. The predicted molar refractivity (Wildman–Crippen MR) is 106 cm³/mol. The van der Waals surface area contributed by atoms with E-state index in [9.17, 15) is 8.78 Å². The second kappa shape index (κ2) is 9.54. The summed E-state index contributed by atoms with van der Waals surface area (Å²) in [5, 5.41) is 0. The molecule has 1 N–H and O–H groups in total. The molecule has 166 valence electrons. The minimum Gasteiger partial charge on any atom is -0.472 e. The third kappa shape index (κ3) is 5.09. The Morgan fingerprint density at radius 1 is 1.23 bits per heavy atom. The molecule has 3 aromatic rings. The van der Waals surface area contributed by atoms with Crippen LogP contribution in [-0.2, 0) is 20.8 Å². The second-order valence-corrected chi connectivity index (χ2v) is 7.22. The Labute approximate surface area is 177 Å². The molecule has 0 amide bonds. The summed E-state index contributed by atoms with van der Waals surface area (Å²) in [4.78, 5) is 11.8. The average molecular weight is 435 g/mol. The number of H-pyrrole nitrogens is 1. The van der Waals surface area contributed by atoms with E-state index >= 15 is 0 Å². The molecule has 0 bridgehead atoms. The molecule has 31 heavy (non-hydrogen) atoms. The highest BCUT2D eigenvalue weighted by atomic mass is 19.1. The Balaban J connectivity index is 1.41. The normalized spacial score (nSPS) is 18.6. The number of methoxy groups -OCH3 is 1. The Morgan fingerprint density at radius 3 is 2.81 bits per heavy atom. The maximum atomic E-state index is 13.8. The van der Waals surface area contributed by atoms with Crippen molar-refractivity contribution in [1.29, 1.82) is 0 Å². The first-order valence-corrected chi connectivity index (χ1v) is 9.81. The van der Waals surface area contributed by atoms with Gasteiger partial charge in [0.25, 0.3) is 6.01 Å². The van der Waals surface area contributed by atoms with Gasteiger partial charge in [-0.1, -0.05) is 6.07 Å². The quantitative estimate of drug-likeness (QED) is 0.408. The van der Waals surface area contributed by atoms with Gasteiger partial charge in [0.1, 0.15) is 31.1 Å². The average Bonchev–Trinajstić information content (AvgIpc) is 3.34. The second-order valence-electron chi connectivity index (χ2n) is 7.22. The molecule has 1 saturated heterocycles. The number of fused-ring (bicyclic) bond motifs is 1. The molecule has 1 aromatic carbocycles. The highest BCUT2D eigenvalue weighted by Crippen LogP contribution is 2.25. The SMILES string of the molecule is COCOC[C@@H]1C[C@H](Oc2nc3nc(OCc4c(F)cccc4F)c(C)cc3[nH]2)CO1. The number of aromatic nitrogens is 3. The summed E-state index contributed by atoms with van der Waals surface area (Å²) >= 11 is 0. The fraction of sp³-hybridized carbons (Fsp3) is 0.429. The number of halogens is 2.